The third-order valence-corrected chi connectivity index (χ3v) is 8.19. The first-order chi connectivity index (χ1) is 9.88. The van der Waals surface area contributed by atoms with Gasteiger partial charge in [0.25, 0.3) is 10.0 Å². The maximum Gasteiger partial charge on any atom is 0.252 e. The van der Waals surface area contributed by atoms with Crippen molar-refractivity contribution in [3.05, 3.63) is 16.5 Å². The molecule has 2 heterocycles. The van der Waals surface area contributed by atoms with Crippen LogP contribution in [0.25, 0.3) is 0 Å². The summed E-state index contributed by atoms with van der Waals surface area (Å²) in [5.41, 5.74) is 1.09. The molecule has 1 aliphatic carbocycles. The van der Waals surface area contributed by atoms with Crippen LogP contribution in [-0.4, -0.2) is 31.9 Å². The molecule has 4 nitrogen and oxygen atoms in total. The summed E-state index contributed by atoms with van der Waals surface area (Å²) in [5.74, 6) is 0.883. The number of sulfonamides is 1. The van der Waals surface area contributed by atoms with Crippen LogP contribution in [0.2, 0.25) is 0 Å². The second kappa shape index (κ2) is 5.65. The van der Waals surface area contributed by atoms with E-state index in [0.29, 0.717) is 35.2 Å². The maximum atomic E-state index is 12.8. The van der Waals surface area contributed by atoms with E-state index < -0.39 is 10.0 Å². The topological polar surface area (TPSA) is 49.4 Å². The van der Waals surface area contributed by atoms with Crippen LogP contribution >= 0.6 is 11.3 Å². The van der Waals surface area contributed by atoms with E-state index >= 15 is 0 Å². The Morgan fingerprint density at radius 3 is 2.48 bits per heavy atom. The quantitative estimate of drug-likeness (QED) is 0.904. The fourth-order valence-corrected chi connectivity index (χ4v) is 6.05. The average molecular weight is 329 g/mol. The summed E-state index contributed by atoms with van der Waals surface area (Å²) < 4.78 is 27.7. The Kier molecular flexibility index (Phi) is 4.16. The Balaban J connectivity index is 1.77. The Hall–Kier alpha value is -0.430. The molecule has 2 unspecified atom stereocenters. The lowest BCUT2D eigenvalue weighted by Crippen LogP contribution is -2.28. The zero-order valence-corrected chi connectivity index (χ0v) is 14.6. The summed E-state index contributed by atoms with van der Waals surface area (Å²) in [7, 11) is -3.31. The van der Waals surface area contributed by atoms with Crippen LogP contribution < -0.4 is 5.32 Å². The highest BCUT2D eigenvalue weighted by Gasteiger charge is 2.36. The van der Waals surface area contributed by atoms with Gasteiger partial charge in [0.2, 0.25) is 0 Å². The molecule has 1 N–H and O–H groups in total. The summed E-state index contributed by atoms with van der Waals surface area (Å²) in [6.45, 7) is 8.36. The summed E-state index contributed by atoms with van der Waals surface area (Å²) in [4.78, 5) is 1.15. The minimum absolute atomic E-state index is 0.442. The molecule has 0 radical (unpaired) electrons. The Morgan fingerprint density at radius 2 is 1.90 bits per heavy atom. The predicted molar refractivity (Wildman–Crippen MR) is 86.0 cm³/mol. The van der Waals surface area contributed by atoms with Crippen molar-refractivity contribution in [2.75, 3.05) is 13.1 Å². The lowest BCUT2D eigenvalue weighted by atomic mass is 10.0. The van der Waals surface area contributed by atoms with E-state index in [0.717, 1.165) is 17.0 Å². The largest absolute Gasteiger partial charge is 0.309 e. The Morgan fingerprint density at radius 1 is 1.29 bits per heavy atom. The summed E-state index contributed by atoms with van der Waals surface area (Å²) in [6, 6.07) is 2.49. The first-order valence-corrected chi connectivity index (χ1v) is 9.96. The van der Waals surface area contributed by atoms with Crippen molar-refractivity contribution in [2.45, 2.75) is 50.4 Å². The third-order valence-electron chi connectivity index (χ3n) is 4.68. The van der Waals surface area contributed by atoms with Crippen LogP contribution in [0.1, 0.15) is 37.1 Å². The average Bonchev–Trinajstić information content (AvgIpc) is 3.08. The molecule has 1 aliphatic heterocycles. The molecular weight excluding hydrogens is 304 g/mol. The van der Waals surface area contributed by atoms with Gasteiger partial charge in [-0.2, -0.15) is 4.31 Å². The van der Waals surface area contributed by atoms with Crippen molar-refractivity contribution in [3.63, 3.8) is 0 Å². The number of hydrogen-bond acceptors (Lipinski definition) is 4. The summed E-state index contributed by atoms with van der Waals surface area (Å²) >= 11 is 1.43. The first kappa shape index (κ1) is 15.5. The van der Waals surface area contributed by atoms with Gasteiger partial charge in [-0.25, -0.2) is 8.42 Å². The Labute approximate surface area is 131 Å². The van der Waals surface area contributed by atoms with E-state index in [1.165, 1.54) is 24.2 Å². The minimum atomic E-state index is -3.31. The monoisotopic (exact) mass is 328 g/mol. The van der Waals surface area contributed by atoms with Crippen molar-refractivity contribution in [3.8, 4) is 0 Å². The lowest BCUT2D eigenvalue weighted by molar-refractivity contribution is 0.465. The maximum absolute atomic E-state index is 12.8. The van der Waals surface area contributed by atoms with Crippen molar-refractivity contribution in [1.29, 1.82) is 0 Å². The number of nitrogens with zero attached hydrogens (tertiary/aromatic N) is 1. The summed E-state index contributed by atoms with van der Waals surface area (Å²) in [6.07, 6.45) is 2.50. The predicted octanol–water partition coefficient (Wildman–Crippen LogP) is 2.59. The molecule has 118 valence electrons. The van der Waals surface area contributed by atoms with Crippen LogP contribution in [0.3, 0.4) is 0 Å². The third kappa shape index (κ3) is 3.18. The van der Waals surface area contributed by atoms with E-state index in [1.807, 2.05) is 13.0 Å². The lowest BCUT2D eigenvalue weighted by Gasteiger charge is -2.14. The van der Waals surface area contributed by atoms with Crippen molar-refractivity contribution in [2.24, 2.45) is 11.8 Å². The number of hydrogen-bond donors (Lipinski definition) is 1. The summed E-state index contributed by atoms with van der Waals surface area (Å²) in [5, 5.41) is 3.46. The van der Waals surface area contributed by atoms with Crippen LogP contribution in [-0.2, 0) is 16.6 Å². The second-order valence-corrected chi connectivity index (χ2v) is 9.90. The van der Waals surface area contributed by atoms with Gasteiger partial charge in [-0.05, 0) is 43.2 Å². The van der Waals surface area contributed by atoms with Crippen molar-refractivity contribution >= 4 is 21.4 Å². The van der Waals surface area contributed by atoms with Gasteiger partial charge in [-0.1, -0.05) is 13.8 Å². The molecule has 2 aliphatic rings. The van der Waals surface area contributed by atoms with Gasteiger partial charge in [0.1, 0.15) is 4.21 Å². The molecule has 1 saturated heterocycles. The standard InChI is InChI=1S/C15H24N2O2S2/c1-10-6-15(20-14(10)7-16-13-4-5-13)21(18,19)17-8-11(2)12(3)9-17/h6,11-13,16H,4-5,7-9H2,1-3H3. The fourth-order valence-electron chi connectivity index (χ4n) is 2.72. The number of rotatable bonds is 5. The van der Waals surface area contributed by atoms with Crippen LogP contribution in [0, 0.1) is 18.8 Å². The van der Waals surface area contributed by atoms with Gasteiger partial charge in [-0.15, -0.1) is 11.3 Å². The van der Waals surface area contributed by atoms with Crippen molar-refractivity contribution in [1.82, 2.24) is 9.62 Å². The molecule has 0 spiro atoms. The van der Waals surface area contributed by atoms with E-state index in [-0.39, 0.29) is 0 Å². The van der Waals surface area contributed by atoms with E-state index in [9.17, 15) is 8.42 Å². The zero-order valence-electron chi connectivity index (χ0n) is 12.9. The molecule has 6 heteroatoms. The van der Waals surface area contributed by atoms with E-state index in [2.05, 4.69) is 19.2 Å². The molecule has 0 aromatic carbocycles. The van der Waals surface area contributed by atoms with E-state index in [4.69, 9.17) is 0 Å². The highest BCUT2D eigenvalue weighted by molar-refractivity contribution is 7.91. The molecule has 2 fully saturated rings. The van der Waals surface area contributed by atoms with E-state index in [1.54, 1.807) is 4.31 Å². The molecule has 1 saturated carbocycles. The highest BCUT2D eigenvalue weighted by atomic mass is 32.2. The number of thiophene rings is 1. The molecule has 1 aromatic rings. The van der Waals surface area contributed by atoms with Gasteiger partial charge < -0.3 is 5.32 Å². The highest BCUT2D eigenvalue weighted by Crippen LogP contribution is 2.33. The molecule has 0 bridgehead atoms. The van der Waals surface area contributed by atoms with Gasteiger partial charge >= 0.3 is 0 Å². The minimum Gasteiger partial charge on any atom is -0.309 e. The second-order valence-electron chi connectivity index (χ2n) is 6.60. The van der Waals surface area contributed by atoms with Gasteiger partial charge in [-0.3, -0.25) is 0 Å². The first-order valence-electron chi connectivity index (χ1n) is 7.70. The molecular formula is C15H24N2O2S2. The normalized spacial score (nSPS) is 27.4. The molecule has 0 amide bonds. The van der Waals surface area contributed by atoms with Crippen LogP contribution in [0.15, 0.2) is 10.3 Å². The van der Waals surface area contributed by atoms with Crippen LogP contribution in [0.5, 0.6) is 0 Å². The molecule has 21 heavy (non-hydrogen) atoms. The number of aryl methyl sites for hydroxylation is 1. The fraction of sp³-hybridized carbons (Fsp3) is 0.733. The zero-order chi connectivity index (χ0) is 15.2. The SMILES string of the molecule is Cc1cc(S(=O)(=O)N2CC(C)C(C)C2)sc1CNC1CC1. The van der Waals surface area contributed by atoms with Crippen LogP contribution in [0.4, 0.5) is 0 Å². The molecule has 2 atom stereocenters. The van der Waals surface area contributed by atoms with Gasteiger partial charge in [0.15, 0.2) is 0 Å². The number of nitrogens with one attached hydrogen (secondary N) is 1. The van der Waals surface area contributed by atoms with Crippen molar-refractivity contribution < 1.29 is 8.42 Å². The Bertz CT molecular complexity index is 610. The van der Waals surface area contributed by atoms with Gasteiger partial charge in [0.05, 0.1) is 0 Å². The van der Waals surface area contributed by atoms with Gasteiger partial charge in [0, 0.05) is 30.6 Å². The molecule has 3 rings (SSSR count). The smallest absolute Gasteiger partial charge is 0.252 e. The molecule has 1 aromatic heterocycles.